The lowest BCUT2D eigenvalue weighted by Gasteiger charge is -2.06. The van der Waals surface area contributed by atoms with Crippen molar-refractivity contribution < 1.29 is 4.39 Å². The lowest BCUT2D eigenvalue weighted by Crippen LogP contribution is -1.96. The Balaban J connectivity index is 2.40. The molecule has 80 valence electrons. The number of aromatic nitrogens is 2. The van der Waals surface area contributed by atoms with E-state index in [0.717, 1.165) is 11.4 Å². The highest BCUT2D eigenvalue weighted by molar-refractivity contribution is 5.67. The number of aromatic amines is 1. The lowest BCUT2D eigenvalue weighted by molar-refractivity contribution is 0.624. The molecule has 1 aromatic heterocycles. The molecule has 0 amide bonds. The number of nitrogens with one attached hydrogen (secondary N) is 2. The third kappa shape index (κ3) is 1.73. The molecule has 0 aliphatic rings. The van der Waals surface area contributed by atoms with Crippen LogP contribution >= 0.6 is 0 Å². The van der Waals surface area contributed by atoms with Crippen LogP contribution in [0, 0.1) is 24.1 Å². The summed E-state index contributed by atoms with van der Waals surface area (Å²) in [4.78, 5) is 0. The van der Waals surface area contributed by atoms with Gasteiger partial charge in [-0.2, -0.15) is 10.4 Å². The first-order chi connectivity index (χ1) is 7.72. The second-order valence-corrected chi connectivity index (χ2v) is 3.31. The molecule has 16 heavy (non-hydrogen) atoms. The Hall–Kier alpha value is -2.35. The highest BCUT2D eigenvalue weighted by atomic mass is 19.1. The van der Waals surface area contributed by atoms with Gasteiger partial charge < -0.3 is 5.32 Å². The van der Waals surface area contributed by atoms with Crippen molar-refractivity contribution >= 4 is 11.4 Å². The number of nitriles is 1. The van der Waals surface area contributed by atoms with Crippen molar-refractivity contribution in [2.24, 2.45) is 0 Å². The number of H-pyrrole nitrogens is 1. The van der Waals surface area contributed by atoms with Crippen LogP contribution < -0.4 is 5.32 Å². The zero-order valence-electron chi connectivity index (χ0n) is 8.58. The van der Waals surface area contributed by atoms with Gasteiger partial charge in [-0.1, -0.05) is 6.07 Å². The van der Waals surface area contributed by atoms with Crippen molar-refractivity contribution in [2.45, 2.75) is 6.92 Å². The van der Waals surface area contributed by atoms with E-state index in [1.165, 1.54) is 6.07 Å². The Morgan fingerprint density at radius 3 is 2.88 bits per heavy atom. The van der Waals surface area contributed by atoms with Gasteiger partial charge in [-0.3, -0.25) is 5.10 Å². The molecular formula is C11H9FN4. The van der Waals surface area contributed by atoms with Gasteiger partial charge in [0.05, 0.1) is 23.3 Å². The highest BCUT2D eigenvalue weighted by Crippen LogP contribution is 2.23. The molecule has 0 saturated carbocycles. The number of halogens is 1. The maximum Gasteiger partial charge on any atom is 0.143 e. The average molecular weight is 216 g/mol. The third-order valence-corrected chi connectivity index (χ3v) is 2.22. The topological polar surface area (TPSA) is 64.5 Å². The molecule has 0 saturated heterocycles. The normalized spacial score (nSPS) is 9.81. The Bertz CT molecular complexity index is 553. The van der Waals surface area contributed by atoms with Gasteiger partial charge in [0.1, 0.15) is 17.4 Å². The van der Waals surface area contributed by atoms with Crippen molar-refractivity contribution in [1.29, 1.82) is 5.26 Å². The number of rotatable bonds is 2. The van der Waals surface area contributed by atoms with Gasteiger partial charge in [-0.05, 0) is 19.1 Å². The van der Waals surface area contributed by atoms with E-state index in [1.807, 2.05) is 13.0 Å². The zero-order chi connectivity index (χ0) is 11.5. The highest BCUT2D eigenvalue weighted by Gasteiger charge is 2.09. The minimum atomic E-state index is -0.534. The molecule has 1 heterocycles. The summed E-state index contributed by atoms with van der Waals surface area (Å²) in [6.45, 7) is 1.83. The predicted molar refractivity (Wildman–Crippen MR) is 57.7 cm³/mol. The molecule has 4 nitrogen and oxygen atoms in total. The molecule has 0 atom stereocenters. The molecule has 0 fully saturated rings. The molecular weight excluding hydrogens is 207 g/mol. The Kier molecular flexibility index (Phi) is 2.56. The fourth-order valence-electron chi connectivity index (χ4n) is 1.36. The van der Waals surface area contributed by atoms with Gasteiger partial charge in [-0.25, -0.2) is 4.39 Å². The monoisotopic (exact) mass is 216 g/mol. The number of aryl methyl sites for hydroxylation is 1. The maximum atomic E-state index is 13.3. The van der Waals surface area contributed by atoms with E-state index in [1.54, 1.807) is 18.3 Å². The Labute approximate surface area is 91.7 Å². The smallest absolute Gasteiger partial charge is 0.143 e. The fourth-order valence-corrected chi connectivity index (χ4v) is 1.36. The average Bonchev–Trinajstić information content (AvgIpc) is 2.65. The second kappa shape index (κ2) is 4.03. The third-order valence-electron chi connectivity index (χ3n) is 2.22. The lowest BCUT2D eigenvalue weighted by atomic mass is 10.2. The van der Waals surface area contributed by atoms with Crippen LogP contribution in [-0.2, 0) is 0 Å². The zero-order valence-corrected chi connectivity index (χ0v) is 8.58. The van der Waals surface area contributed by atoms with Gasteiger partial charge in [-0.15, -0.1) is 0 Å². The minimum absolute atomic E-state index is 0.00287. The molecule has 0 aliphatic heterocycles. The van der Waals surface area contributed by atoms with Crippen LogP contribution in [0.25, 0.3) is 0 Å². The van der Waals surface area contributed by atoms with Crippen LogP contribution in [0.15, 0.2) is 24.4 Å². The molecule has 0 spiro atoms. The Morgan fingerprint density at radius 2 is 2.25 bits per heavy atom. The van der Waals surface area contributed by atoms with Gasteiger partial charge >= 0.3 is 0 Å². The summed E-state index contributed by atoms with van der Waals surface area (Å²) in [7, 11) is 0. The molecule has 2 rings (SSSR count). The number of hydrogen-bond acceptors (Lipinski definition) is 3. The summed E-state index contributed by atoms with van der Waals surface area (Å²) in [6.07, 6.45) is 1.58. The van der Waals surface area contributed by atoms with Crippen LogP contribution in [0.2, 0.25) is 0 Å². The number of nitrogens with zero attached hydrogens (tertiary/aromatic N) is 2. The van der Waals surface area contributed by atoms with Gasteiger partial charge in [0.2, 0.25) is 0 Å². The summed E-state index contributed by atoms with van der Waals surface area (Å²) >= 11 is 0. The van der Waals surface area contributed by atoms with Crippen molar-refractivity contribution in [2.75, 3.05) is 5.32 Å². The van der Waals surface area contributed by atoms with E-state index < -0.39 is 5.82 Å². The van der Waals surface area contributed by atoms with Gasteiger partial charge in [0.25, 0.3) is 0 Å². The van der Waals surface area contributed by atoms with Crippen LogP contribution in [0.5, 0.6) is 0 Å². The molecule has 1 aromatic carbocycles. The molecule has 5 heteroatoms. The van der Waals surface area contributed by atoms with E-state index in [2.05, 4.69) is 15.5 Å². The second-order valence-electron chi connectivity index (χ2n) is 3.31. The minimum Gasteiger partial charge on any atom is -0.352 e. The molecule has 2 N–H and O–H groups in total. The molecule has 0 bridgehead atoms. The first-order valence-electron chi connectivity index (χ1n) is 4.68. The molecule has 0 unspecified atom stereocenters. The molecule has 2 aromatic rings. The summed E-state index contributed by atoms with van der Waals surface area (Å²) in [5, 5.41) is 18.4. The van der Waals surface area contributed by atoms with Gasteiger partial charge in [0, 0.05) is 0 Å². The van der Waals surface area contributed by atoms with Gasteiger partial charge in [0.15, 0.2) is 0 Å². The first kappa shape index (κ1) is 10.2. The van der Waals surface area contributed by atoms with E-state index in [4.69, 9.17) is 5.26 Å². The maximum absolute atomic E-state index is 13.3. The van der Waals surface area contributed by atoms with E-state index in [-0.39, 0.29) is 5.56 Å². The quantitative estimate of drug-likeness (QED) is 0.810. The SMILES string of the molecule is Cc1[nH]ncc1Nc1cccc(F)c1C#N. The molecule has 0 radical (unpaired) electrons. The molecule has 0 aliphatic carbocycles. The number of hydrogen-bond donors (Lipinski definition) is 2. The van der Waals surface area contributed by atoms with E-state index in [9.17, 15) is 4.39 Å². The summed E-state index contributed by atoms with van der Waals surface area (Å²) < 4.78 is 13.3. The van der Waals surface area contributed by atoms with Crippen LogP contribution in [0.4, 0.5) is 15.8 Å². The van der Waals surface area contributed by atoms with Crippen molar-refractivity contribution in [3.63, 3.8) is 0 Å². The van der Waals surface area contributed by atoms with Crippen LogP contribution in [-0.4, -0.2) is 10.2 Å². The predicted octanol–water partition coefficient (Wildman–Crippen LogP) is 2.47. The van der Waals surface area contributed by atoms with Crippen molar-refractivity contribution in [1.82, 2.24) is 10.2 Å². The number of anilines is 2. The van der Waals surface area contributed by atoms with Crippen molar-refractivity contribution in [3.8, 4) is 6.07 Å². The number of benzene rings is 1. The van der Waals surface area contributed by atoms with Crippen LogP contribution in [0.1, 0.15) is 11.3 Å². The summed E-state index contributed by atoms with van der Waals surface area (Å²) in [5.41, 5.74) is 1.99. The van der Waals surface area contributed by atoms with Crippen LogP contribution in [0.3, 0.4) is 0 Å². The largest absolute Gasteiger partial charge is 0.352 e. The van der Waals surface area contributed by atoms with E-state index in [0.29, 0.717) is 5.69 Å². The standard InChI is InChI=1S/C11H9FN4/c1-7-11(6-14-16-7)15-10-4-2-3-9(12)8(10)5-13/h2-4,6,15H,1H3,(H,14,16). The summed E-state index contributed by atoms with van der Waals surface area (Å²) in [6, 6.07) is 6.28. The van der Waals surface area contributed by atoms with E-state index >= 15 is 0 Å². The first-order valence-corrected chi connectivity index (χ1v) is 4.68. The Morgan fingerprint density at radius 1 is 1.44 bits per heavy atom. The van der Waals surface area contributed by atoms with Crippen molar-refractivity contribution in [3.05, 3.63) is 41.5 Å². The fraction of sp³-hybridized carbons (Fsp3) is 0.0909. The summed E-state index contributed by atoms with van der Waals surface area (Å²) in [5.74, 6) is -0.534.